The minimum Gasteiger partial charge on any atom is -0.392 e. The lowest BCUT2D eigenvalue weighted by Crippen LogP contribution is -2.50. The Balaban J connectivity index is 1.54. The third-order valence-corrected chi connectivity index (χ3v) is 4.98. The van der Waals surface area contributed by atoms with Gasteiger partial charge in [-0.25, -0.2) is 4.98 Å². The number of carbonyl (C=O) groups is 1. The number of thiazole rings is 1. The third kappa shape index (κ3) is 4.37. The smallest absolute Gasteiger partial charge is 0.228 e. The van der Waals surface area contributed by atoms with Gasteiger partial charge in [-0.15, -0.1) is 11.3 Å². The number of nitrogens with zero attached hydrogens (tertiary/aromatic N) is 4. The first-order valence-electron chi connectivity index (χ1n) is 8.15. The molecule has 0 spiro atoms. The lowest BCUT2D eigenvalue weighted by Gasteiger charge is -2.35. The highest BCUT2D eigenvalue weighted by Crippen LogP contribution is 2.23. The fourth-order valence-electron chi connectivity index (χ4n) is 2.83. The normalized spacial score (nSPS) is 17.0. The first-order chi connectivity index (χ1) is 11.6. The summed E-state index contributed by atoms with van der Waals surface area (Å²) in [4.78, 5) is 25.2. The Kier molecular flexibility index (Phi) is 5.55. The van der Waals surface area contributed by atoms with E-state index in [0.717, 1.165) is 29.4 Å². The maximum Gasteiger partial charge on any atom is 0.228 e. The van der Waals surface area contributed by atoms with Crippen LogP contribution >= 0.6 is 11.3 Å². The van der Waals surface area contributed by atoms with Crippen molar-refractivity contribution < 1.29 is 9.90 Å². The average molecular weight is 346 g/mol. The number of carbonyl (C=O) groups excluding carboxylic acids is 1. The number of aliphatic hydroxyl groups is 1. The van der Waals surface area contributed by atoms with Crippen molar-refractivity contribution in [2.45, 2.75) is 19.4 Å². The van der Waals surface area contributed by atoms with Crippen molar-refractivity contribution in [3.8, 4) is 10.6 Å². The van der Waals surface area contributed by atoms with Gasteiger partial charge >= 0.3 is 0 Å². The van der Waals surface area contributed by atoms with E-state index in [9.17, 15) is 9.90 Å². The van der Waals surface area contributed by atoms with E-state index in [2.05, 4.69) is 14.9 Å². The van der Waals surface area contributed by atoms with E-state index < -0.39 is 0 Å². The Morgan fingerprint density at radius 3 is 2.83 bits per heavy atom. The molecule has 0 unspecified atom stereocenters. The molecule has 0 bridgehead atoms. The van der Waals surface area contributed by atoms with E-state index in [-0.39, 0.29) is 12.0 Å². The Morgan fingerprint density at radius 2 is 2.17 bits per heavy atom. The molecule has 1 amide bonds. The second-order valence-corrected chi connectivity index (χ2v) is 6.95. The van der Waals surface area contributed by atoms with E-state index in [1.807, 2.05) is 22.4 Å². The molecule has 24 heavy (non-hydrogen) atoms. The Hall–Kier alpha value is -1.83. The number of rotatable bonds is 5. The topological polar surface area (TPSA) is 69.6 Å². The molecule has 3 heterocycles. The highest BCUT2D eigenvalue weighted by molar-refractivity contribution is 7.13. The van der Waals surface area contributed by atoms with Crippen LogP contribution in [0.25, 0.3) is 10.6 Å². The van der Waals surface area contributed by atoms with Crippen molar-refractivity contribution >= 4 is 17.2 Å². The van der Waals surface area contributed by atoms with Crippen LogP contribution in [0.1, 0.15) is 12.6 Å². The van der Waals surface area contributed by atoms with Crippen LogP contribution in [-0.2, 0) is 11.2 Å². The number of aliphatic hydroxyl groups excluding tert-OH is 1. The van der Waals surface area contributed by atoms with Gasteiger partial charge in [0, 0.05) is 56.1 Å². The van der Waals surface area contributed by atoms with Crippen molar-refractivity contribution in [2.24, 2.45) is 0 Å². The van der Waals surface area contributed by atoms with Gasteiger partial charge in [0.25, 0.3) is 0 Å². The van der Waals surface area contributed by atoms with E-state index in [0.29, 0.717) is 26.1 Å². The Bertz CT molecular complexity index is 666. The Morgan fingerprint density at radius 1 is 1.38 bits per heavy atom. The monoisotopic (exact) mass is 346 g/mol. The van der Waals surface area contributed by atoms with Crippen LogP contribution < -0.4 is 0 Å². The molecule has 1 N–H and O–H groups in total. The lowest BCUT2D eigenvalue weighted by molar-refractivity contribution is -0.132. The molecule has 2 aromatic rings. The van der Waals surface area contributed by atoms with Gasteiger partial charge in [0.15, 0.2) is 0 Å². The summed E-state index contributed by atoms with van der Waals surface area (Å²) in [6.45, 7) is 5.52. The van der Waals surface area contributed by atoms with Crippen LogP contribution in [0.3, 0.4) is 0 Å². The molecule has 1 atom stereocenters. The van der Waals surface area contributed by atoms with Gasteiger partial charge in [-0.3, -0.25) is 14.7 Å². The second kappa shape index (κ2) is 7.83. The minimum atomic E-state index is -0.326. The van der Waals surface area contributed by atoms with Crippen LogP contribution in [-0.4, -0.2) is 69.6 Å². The molecule has 6 nitrogen and oxygen atoms in total. The van der Waals surface area contributed by atoms with Crippen LogP contribution in [0, 0.1) is 0 Å². The van der Waals surface area contributed by atoms with Crippen LogP contribution in [0.4, 0.5) is 0 Å². The van der Waals surface area contributed by atoms with Crippen molar-refractivity contribution in [3.05, 3.63) is 35.6 Å². The summed E-state index contributed by atoms with van der Waals surface area (Å²) in [5, 5.41) is 12.3. The fourth-order valence-corrected chi connectivity index (χ4v) is 3.64. The summed E-state index contributed by atoms with van der Waals surface area (Å²) in [6, 6.07) is 3.85. The number of hydrogen-bond donors (Lipinski definition) is 1. The summed E-state index contributed by atoms with van der Waals surface area (Å²) in [5.74, 6) is 0.120. The van der Waals surface area contributed by atoms with E-state index in [1.165, 1.54) is 0 Å². The zero-order valence-electron chi connectivity index (χ0n) is 13.8. The standard InChI is InChI=1S/C17H22N4O2S/c1-13(22)11-20-5-7-21(8-6-20)16(23)9-15-12-24-17(19-15)14-3-2-4-18-10-14/h2-4,10,12-13,22H,5-9,11H2,1H3/t13-/m1/s1. The van der Waals surface area contributed by atoms with E-state index >= 15 is 0 Å². The predicted molar refractivity (Wildman–Crippen MR) is 93.7 cm³/mol. The molecule has 1 aliphatic rings. The number of hydrogen-bond acceptors (Lipinski definition) is 6. The third-order valence-electron chi connectivity index (χ3n) is 4.04. The molecule has 3 rings (SSSR count). The van der Waals surface area contributed by atoms with Crippen molar-refractivity contribution in [1.29, 1.82) is 0 Å². The first kappa shape index (κ1) is 17.0. The summed E-state index contributed by atoms with van der Waals surface area (Å²) >= 11 is 1.54. The molecule has 0 aliphatic carbocycles. The van der Waals surface area contributed by atoms with Crippen LogP contribution in [0.2, 0.25) is 0 Å². The number of amides is 1. The lowest BCUT2D eigenvalue weighted by atomic mass is 10.2. The zero-order valence-corrected chi connectivity index (χ0v) is 14.6. The second-order valence-electron chi connectivity index (χ2n) is 6.09. The van der Waals surface area contributed by atoms with E-state index in [4.69, 9.17) is 0 Å². The van der Waals surface area contributed by atoms with Gasteiger partial charge in [-0.2, -0.15) is 0 Å². The number of β-amino-alcohol motifs (C(OH)–C–C–N with tert-alkyl or cyclic N) is 1. The minimum absolute atomic E-state index is 0.120. The highest BCUT2D eigenvalue weighted by atomic mass is 32.1. The fraction of sp³-hybridized carbons (Fsp3) is 0.471. The average Bonchev–Trinajstić information content (AvgIpc) is 3.04. The van der Waals surface area contributed by atoms with Crippen molar-refractivity contribution in [2.75, 3.05) is 32.7 Å². The number of aromatic nitrogens is 2. The quantitative estimate of drug-likeness (QED) is 0.883. The molecule has 1 saturated heterocycles. The maximum atomic E-state index is 12.5. The molecule has 0 saturated carbocycles. The van der Waals surface area contributed by atoms with Gasteiger partial charge in [-0.1, -0.05) is 0 Å². The molecular weight excluding hydrogens is 324 g/mol. The number of pyridine rings is 1. The van der Waals surface area contributed by atoms with Gasteiger partial charge < -0.3 is 10.0 Å². The van der Waals surface area contributed by atoms with Crippen LogP contribution in [0.5, 0.6) is 0 Å². The molecule has 128 valence electrons. The van der Waals surface area contributed by atoms with Gasteiger partial charge in [0.05, 0.1) is 18.2 Å². The molecule has 0 aromatic carbocycles. The van der Waals surface area contributed by atoms with Crippen molar-refractivity contribution in [1.82, 2.24) is 19.8 Å². The van der Waals surface area contributed by atoms with E-state index in [1.54, 1.807) is 30.7 Å². The van der Waals surface area contributed by atoms with Gasteiger partial charge in [0.1, 0.15) is 5.01 Å². The van der Waals surface area contributed by atoms with Crippen molar-refractivity contribution in [3.63, 3.8) is 0 Å². The summed E-state index contributed by atoms with van der Waals surface area (Å²) < 4.78 is 0. The molecule has 0 radical (unpaired) electrons. The van der Waals surface area contributed by atoms with Crippen LogP contribution in [0.15, 0.2) is 29.9 Å². The maximum absolute atomic E-state index is 12.5. The molecule has 1 aliphatic heterocycles. The molecule has 7 heteroatoms. The summed E-state index contributed by atoms with van der Waals surface area (Å²) in [6.07, 6.45) is 3.53. The largest absolute Gasteiger partial charge is 0.392 e. The SMILES string of the molecule is C[C@@H](O)CN1CCN(C(=O)Cc2csc(-c3cccnc3)n2)CC1. The molecule has 1 fully saturated rings. The van der Waals surface area contributed by atoms with Gasteiger partial charge in [0.2, 0.25) is 5.91 Å². The molecular formula is C17H22N4O2S. The summed E-state index contributed by atoms with van der Waals surface area (Å²) in [7, 11) is 0. The Labute approximate surface area is 145 Å². The van der Waals surface area contributed by atoms with Gasteiger partial charge in [-0.05, 0) is 19.1 Å². The zero-order chi connectivity index (χ0) is 16.9. The number of piperazine rings is 1. The highest BCUT2D eigenvalue weighted by Gasteiger charge is 2.22. The first-order valence-corrected chi connectivity index (χ1v) is 9.03. The predicted octanol–water partition coefficient (Wildman–Crippen LogP) is 1.27. The summed E-state index contributed by atoms with van der Waals surface area (Å²) in [5.41, 5.74) is 1.79. The molecule has 2 aromatic heterocycles.